The number of methoxy groups -OCH3 is 1. The molecular weight excluding hydrogens is 338 g/mol. The monoisotopic (exact) mass is 373 g/mol. The summed E-state index contributed by atoms with van der Waals surface area (Å²) in [5.41, 5.74) is 1.34. The van der Waals surface area contributed by atoms with Gasteiger partial charge in [-0.3, -0.25) is 9.89 Å². The van der Waals surface area contributed by atoms with Crippen molar-refractivity contribution in [2.75, 3.05) is 71.5 Å². The molecule has 150 valence electrons. The number of nitrogens with zero attached hydrogens (tertiary/aromatic N) is 4. The first-order valence-corrected chi connectivity index (χ1v) is 10.2. The molecule has 0 bridgehead atoms. The van der Waals surface area contributed by atoms with Gasteiger partial charge in [-0.15, -0.1) is 0 Å². The largest absolute Gasteiger partial charge is 0.384 e. The highest BCUT2D eigenvalue weighted by Crippen LogP contribution is 2.18. The molecule has 2 aliphatic rings. The molecule has 1 aromatic rings. The van der Waals surface area contributed by atoms with E-state index in [0.29, 0.717) is 12.0 Å². The van der Waals surface area contributed by atoms with Crippen LogP contribution in [0.5, 0.6) is 0 Å². The molecule has 0 radical (unpaired) electrons. The number of rotatable bonds is 6. The van der Waals surface area contributed by atoms with Crippen molar-refractivity contribution in [1.29, 1.82) is 0 Å². The summed E-state index contributed by atoms with van der Waals surface area (Å²) in [7, 11) is 3.67. The zero-order valence-corrected chi connectivity index (χ0v) is 17.1. The van der Waals surface area contributed by atoms with Gasteiger partial charge < -0.3 is 19.9 Å². The Hall–Kier alpha value is -1.79. The quantitative estimate of drug-likeness (QED) is 0.608. The van der Waals surface area contributed by atoms with Crippen LogP contribution in [0, 0.1) is 5.92 Å². The van der Waals surface area contributed by atoms with Crippen LogP contribution in [0.4, 0.5) is 5.69 Å². The zero-order chi connectivity index (χ0) is 19.1. The van der Waals surface area contributed by atoms with E-state index >= 15 is 0 Å². The van der Waals surface area contributed by atoms with Crippen molar-refractivity contribution in [3.63, 3.8) is 0 Å². The second-order valence-electron chi connectivity index (χ2n) is 7.69. The van der Waals surface area contributed by atoms with Crippen LogP contribution in [0.15, 0.2) is 35.3 Å². The fraction of sp³-hybridized carbons (Fsp3) is 0.667. The average molecular weight is 374 g/mol. The van der Waals surface area contributed by atoms with E-state index in [0.717, 1.165) is 58.4 Å². The van der Waals surface area contributed by atoms with E-state index in [4.69, 9.17) is 4.74 Å². The lowest BCUT2D eigenvalue weighted by atomic mass is 10.1. The molecule has 2 aliphatic heterocycles. The molecule has 2 saturated heterocycles. The Labute approximate surface area is 164 Å². The molecule has 6 heteroatoms. The van der Waals surface area contributed by atoms with Crippen LogP contribution in [0.3, 0.4) is 0 Å². The van der Waals surface area contributed by atoms with Crippen LogP contribution in [0.25, 0.3) is 0 Å². The lowest BCUT2D eigenvalue weighted by Crippen LogP contribution is -2.53. The fourth-order valence-corrected chi connectivity index (χ4v) is 4.16. The van der Waals surface area contributed by atoms with E-state index in [1.165, 1.54) is 12.1 Å². The maximum atomic E-state index is 5.31. The predicted molar refractivity (Wildman–Crippen MR) is 113 cm³/mol. The van der Waals surface area contributed by atoms with Crippen molar-refractivity contribution in [2.24, 2.45) is 10.9 Å². The lowest BCUT2D eigenvalue weighted by Gasteiger charge is -2.39. The van der Waals surface area contributed by atoms with Crippen LogP contribution in [0.2, 0.25) is 0 Å². The lowest BCUT2D eigenvalue weighted by molar-refractivity contribution is 0.157. The maximum absolute atomic E-state index is 5.31. The van der Waals surface area contributed by atoms with Gasteiger partial charge in [0.15, 0.2) is 5.96 Å². The molecular formula is C21H35N5O. The van der Waals surface area contributed by atoms with Gasteiger partial charge in [0.05, 0.1) is 6.61 Å². The van der Waals surface area contributed by atoms with E-state index in [1.54, 1.807) is 7.11 Å². The van der Waals surface area contributed by atoms with Gasteiger partial charge in [-0.2, -0.15) is 0 Å². The van der Waals surface area contributed by atoms with Crippen molar-refractivity contribution in [3.8, 4) is 0 Å². The Kier molecular flexibility index (Phi) is 7.35. The standard InChI is InChI=1S/C21H35N5O/c1-18(15-23-21(22-2)26-10-9-19(16-26)17-27-3)24-11-13-25(14-12-24)20-7-5-4-6-8-20/h4-8,18-19H,9-17H2,1-3H3,(H,22,23). The van der Waals surface area contributed by atoms with Gasteiger partial charge in [0.25, 0.3) is 0 Å². The van der Waals surface area contributed by atoms with Gasteiger partial charge in [-0.05, 0) is 25.5 Å². The molecule has 2 fully saturated rings. The summed E-state index contributed by atoms with van der Waals surface area (Å²) in [6.07, 6.45) is 1.19. The van der Waals surface area contributed by atoms with Crippen molar-refractivity contribution < 1.29 is 4.74 Å². The van der Waals surface area contributed by atoms with Crippen molar-refractivity contribution in [2.45, 2.75) is 19.4 Å². The highest BCUT2D eigenvalue weighted by molar-refractivity contribution is 5.80. The number of nitrogens with one attached hydrogen (secondary N) is 1. The van der Waals surface area contributed by atoms with Gasteiger partial charge in [0, 0.05) is 77.6 Å². The fourth-order valence-electron chi connectivity index (χ4n) is 4.16. The molecule has 0 spiro atoms. The van der Waals surface area contributed by atoms with Crippen LogP contribution in [-0.2, 0) is 4.74 Å². The normalized spacial score (nSPS) is 22.9. The average Bonchev–Trinajstić information content (AvgIpc) is 3.18. The number of aliphatic imine (C=N–C) groups is 1. The number of piperazine rings is 1. The molecule has 0 aliphatic carbocycles. The molecule has 6 nitrogen and oxygen atoms in total. The predicted octanol–water partition coefficient (Wildman–Crippen LogP) is 1.74. The Morgan fingerprint density at radius 3 is 2.59 bits per heavy atom. The van der Waals surface area contributed by atoms with Gasteiger partial charge >= 0.3 is 0 Å². The number of likely N-dealkylation sites (tertiary alicyclic amines) is 1. The molecule has 0 aromatic heterocycles. The third kappa shape index (κ3) is 5.36. The highest BCUT2D eigenvalue weighted by Gasteiger charge is 2.26. The van der Waals surface area contributed by atoms with Crippen molar-refractivity contribution in [3.05, 3.63) is 30.3 Å². The van der Waals surface area contributed by atoms with Gasteiger partial charge in [0.2, 0.25) is 0 Å². The van der Waals surface area contributed by atoms with E-state index in [1.807, 2.05) is 7.05 Å². The minimum absolute atomic E-state index is 0.497. The summed E-state index contributed by atoms with van der Waals surface area (Å²) in [4.78, 5) is 11.9. The zero-order valence-electron chi connectivity index (χ0n) is 17.1. The molecule has 0 saturated carbocycles. The van der Waals surface area contributed by atoms with Gasteiger partial charge in [0.1, 0.15) is 0 Å². The maximum Gasteiger partial charge on any atom is 0.193 e. The summed E-state index contributed by atoms with van der Waals surface area (Å²) < 4.78 is 5.31. The molecule has 27 heavy (non-hydrogen) atoms. The topological polar surface area (TPSA) is 43.3 Å². The highest BCUT2D eigenvalue weighted by atomic mass is 16.5. The van der Waals surface area contributed by atoms with E-state index < -0.39 is 0 Å². The van der Waals surface area contributed by atoms with E-state index in [-0.39, 0.29) is 0 Å². The first-order chi connectivity index (χ1) is 13.2. The summed E-state index contributed by atoms with van der Waals surface area (Å²) in [5, 5.41) is 3.59. The molecule has 1 aromatic carbocycles. The Morgan fingerprint density at radius 2 is 1.93 bits per heavy atom. The number of hydrogen-bond donors (Lipinski definition) is 1. The molecule has 2 unspecified atom stereocenters. The third-order valence-corrected chi connectivity index (χ3v) is 5.81. The summed E-state index contributed by atoms with van der Waals surface area (Å²) in [6.45, 7) is 10.6. The molecule has 0 amide bonds. The number of hydrogen-bond acceptors (Lipinski definition) is 4. The summed E-state index contributed by atoms with van der Waals surface area (Å²) in [6, 6.07) is 11.2. The van der Waals surface area contributed by atoms with E-state index in [2.05, 4.69) is 62.3 Å². The smallest absolute Gasteiger partial charge is 0.193 e. The minimum Gasteiger partial charge on any atom is -0.384 e. The molecule has 2 heterocycles. The molecule has 3 rings (SSSR count). The SMILES string of the molecule is CN=C(NCC(C)N1CCN(c2ccccc2)CC1)N1CCC(COC)C1. The van der Waals surface area contributed by atoms with Gasteiger partial charge in [-0.1, -0.05) is 18.2 Å². The first-order valence-electron chi connectivity index (χ1n) is 10.2. The van der Waals surface area contributed by atoms with Crippen LogP contribution < -0.4 is 10.2 Å². The summed E-state index contributed by atoms with van der Waals surface area (Å²) in [5.74, 6) is 1.65. The molecule has 2 atom stereocenters. The van der Waals surface area contributed by atoms with E-state index in [9.17, 15) is 0 Å². The van der Waals surface area contributed by atoms with Crippen molar-refractivity contribution in [1.82, 2.24) is 15.1 Å². The Balaban J connectivity index is 1.42. The van der Waals surface area contributed by atoms with Crippen LogP contribution in [0.1, 0.15) is 13.3 Å². The summed E-state index contributed by atoms with van der Waals surface area (Å²) >= 11 is 0. The second kappa shape index (κ2) is 9.95. The van der Waals surface area contributed by atoms with Gasteiger partial charge in [-0.25, -0.2) is 0 Å². The second-order valence-corrected chi connectivity index (χ2v) is 7.69. The third-order valence-electron chi connectivity index (χ3n) is 5.81. The van der Waals surface area contributed by atoms with Crippen LogP contribution >= 0.6 is 0 Å². The number of ether oxygens (including phenoxy) is 1. The first kappa shape index (κ1) is 20.0. The Morgan fingerprint density at radius 1 is 1.19 bits per heavy atom. The van der Waals surface area contributed by atoms with Crippen molar-refractivity contribution >= 4 is 11.6 Å². The number of anilines is 1. The number of para-hydroxylation sites is 1. The molecule has 1 N–H and O–H groups in total. The minimum atomic E-state index is 0.497. The number of guanidine groups is 1. The van der Waals surface area contributed by atoms with Crippen LogP contribution in [-0.4, -0.2) is 88.4 Å². The Bertz CT molecular complexity index is 585. The number of benzene rings is 1.